The number of hydrogen-bond donors (Lipinski definition) is 1. The summed E-state index contributed by atoms with van der Waals surface area (Å²) in [6.07, 6.45) is 3.18. The number of methoxy groups -OCH3 is 2. The number of hydrogen-bond acceptors (Lipinski definition) is 6. The highest BCUT2D eigenvalue weighted by Gasteiger charge is 2.33. The molecule has 1 atom stereocenters. The molecule has 1 amide bonds. The zero-order valence-electron chi connectivity index (χ0n) is 18.8. The zero-order valence-corrected chi connectivity index (χ0v) is 18.8. The lowest BCUT2D eigenvalue weighted by Gasteiger charge is -2.42. The summed E-state index contributed by atoms with van der Waals surface area (Å²) < 4.78 is 22.1. The first-order chi connectivity index (χ1) is 15.6. The number of rotatable bonds is 8. The second-order valence-electron chi connectivity index (χ2n) is 8.50. The molecule has 2 aromatic carbocycles. The second kappa shape index (κ2) is 10.2. The Kier molecular flexibility index (Phi) is 7.17. The molecule has 2 aromatic rings. The number of nitrogens with zero attached hydrogens (tertiary/aromatic N) is 1. The smallest absolute Gasteiger partial charge is 0.255 e. The van der Waals surface area contributed by atoms with Crippen LogP contribution in [-0.4, -0.2) is 50.9 Å². The molecule has 172 valence electrons. The van der Waals surface area contributed by atoms with Gasteiger partial charge in [0.1, 0.15) is 5.75 Å². The van der Waals surface area contributed by atoms with Crippen LogP contribution in [0.5, 0.6) is 17.2 Å². The average molecular weight is 441 g/mol. The number of amides is 1. The van der Waals surface area contributed by atoms with Gasteiger partial charge in [-0.05, 0) is 66.1 Å². The fourth-order valence-corrected chi connectivity index (χ4v) is 4.82. The number of carbonyl (C=O) groups is 1. The van der Waals surface area contributed by atoms with Crippen molar-refractivity contribution in [1.82, 2.24) is 4.90 Å². The lowest BCUT2D eigenvalue weighted by Crippen LogP contribution is -2.46. The first-order valence-electron chi connectivity index (χ1n) is 11.1. The maximum Gasteiger partial charge on any atom is 0.255 e. The van der Waals surface area contributed by atoms with Gasteiger partial charge in [-0.15, -0.1) is 0 Å². The molecule has 2 N–H and O–H groups in total. The molecule has 32 heavy (non-hydrogen) atoms. The summed E-state index contributed by atoms with van der Waals surface area (Å²) in [5, 5.41) is 0. The number of fused-ring (bicyclic) bond motifs is 1. The summed E-state index contributed by atoms with van der Waals surface area (Å²) in [5.74, 6) is 2.13. The Morgan fingerprint density at radius 1 is 1.06 bits per heavy atom. The lowest BCUT2D eigenvalue weighted by molar-refractivity contribution is -0.119. The zero-order chi connectivity index (χ0) is 22.5. The summed E-state index contributed by atoms with van der Waals surface area (Å²) in [7, 11) is 3.32. The molecule has 0 aromatic heterocycles. The van der Waals surface area contributed by atoms with Crippen molar-refractivity contribution >= 4 is 5.91 Å². The van der Waals surface area contributed by atoms with Crippen molar-refractivity contribution < 1.29 is 23.7 Å². The van der Waals surface area contributed by atoms with Gasteiger partial charge in [-0.1, -0.05) is 12.1 Å². The third kappa shape index (κ3) is 5.16. The molecule has 2 aliphatic rings. The molecule has 2 aliphatic heterocycles. The van der Waals surface area contributed by atoms with Crippen molar-refractivity contribution in [1.29, 1.82) is 0 Å². The van der Waals surface area contributed by atoms with E-state index in [0.29, 0.717) is 23.5 Å². The van der Waals surface area contributed by atoms with Gasteiger partial charge in [0.15, 0.2) is 18.1 Å². The van der Waals surface area contributed by atoms with Gasteiger partial charge in [0.2, 0.25) is 0 Å². The molecule has 2 heterocycles. The van der Waals surface area contributed by atoms with E-state index in [1.54, 1.807) is 14.2 Å². The molecule has 0 unspecified atom stereocenters. The number of benzene rings is 2. The normalized spacial score (nSPS) is 19.2. The molecule has 0 aliphatic carbocycles. The number of nitrogens with two attached hydrogens (primary N) is 1. The highest BCUT2D eigenvalue weighted by molar-refractivity contribution is 5.75. The maximum atomic E-state index is 11.1. The van der Waals surface area contributed by atoms with E-state index in [4.69, 9.17) is 24.7 Å². The molecule has 0 spiro atoms. The third-order valence-corrected chi connectivity index (χ3v) is 6.48. The first kappa shape index (κ1) is 22.4. The number of carbonyl (C=O) groups excluding carboxylic acids is 1. The number of primary amides is 1. The van der Waals surface area contributed by atoms with Gasteiger partial charge in [-0.3, -0.25) is 9.69 Å². The highest BCUT2D eigenvalue weighted by Crippen LogP contribution is 2.35. The van der Waals surface area contributed by atoms with E-state index in [2.05, 4.69) is 17.0 Å². The van der Waals surface area contributed by atoms with E-state index < -0.39 is 5.91 Å². The fraction of sp³-hybridized carbons (Fsp3) is 0.480. The Balaban J connectivity index is 1.57. The van der Waals surface area contributed by atoms with Crippen LogP contribution in [0.1, 0.15) is 29.5 Å². The Morgan fingerprint density at radius 2 is 1.88 bits per heavy atom. The highest BCUT2D eigenvalue weighted by atomic mass is 16.5. The first-order valence-corrected chi connectivity index (χ1v) is 11.1. The average Bonchev–Trinajstić information content (AvgIpc) is 2.82. The lowest BCUT2D eigenvalue weighted by atomic mass is 9.82. The van der Waals surface area contributed by atoms with E-state index in [0.717, 1.165) is 56.9 Å². The third-order valence-electron chi connectivity index (χ3n) is 6.48. The van der Waals surface area contributed by atoms with Crippen LogP contribution in [-0.2, 0) is 29.0 Å². The fourth-order valence-electron chi connectivity index (χ4n) is 4.82. The Labute approximate surface area is 189 Å². The largest absolute Gasteiger partial charge is 0.497 e. The second-order valence-corrected chi connectivity index (χ2v) is 8.50. The molecule has 7 nitrogen and oxygen atoms in total. The molecule has 1 fully saturated rings. The molecule has 0 saturated carbocycles. The Morgan fingerprint density at radius 3 is 2.59 bits per heavy atom. The van der Waals surface area contributed by atoms with Crippen molar-refractivity contribution in [2.24, 2.45) is 11.7 Å². The van der Waals surface area contributed by atoms with Gasteiger partial charge in [0.25, 0.3) is 5.91 Å². The minimum absolute atomic E-state index is 0.173. The van der Waals surface area contributed by atoms with Crippen LogP contribution in [0.3, 0.4) is 0 Å². The summed E-state index contributed by atoms with van der Waals surface area (Å²) in [5.41, 5.74) is 9.07. The van der Waals surface area contributed by atoms with Gasteiger partial charge in [0.05, 0.1) is 14.2 Å². The summed E-state index contributed by atoms with van der Waals surface area (Å²) in [6, 6.07) is 12.7. The Hall–Kier alpha value is -2.77. The van der Waals surface area contributed by atoms with E-state index in [-0.39, 0.29) is 6.61 Å². The standard InChI is InChI=1S/C25H32N2O5/c1-29-21-5-4-19-15-27(22(13-20(19)12-21)18-7-9-31-10-8-18)14-17-3-6-23(24(11-17)30-2)32-16-25(26)28/h3-6,11-12,18,22H,7-10,13-16H2,1-2H3,(H2,26,28)/t22-/m0/s1. The van der Waals surface area contributed by atoms with Gasteiger partial charge in [0, 0.05) is 32.3 Å². The SMILES string of the molecule is COc1ccc2c(c1)C[C@@H](C1CCOCC1)N(Cc1ccc(OCC(N)=O)c(OC)c1)C2. The summed E-state index contributed by atoms with van der Waals surface area (Å²) in [6.45, 7) is 3.19. The van der Waals surface area contributed by atoms with Crippen LogP contribution in [0, 0.1) is 5.92 Å². The molecular weight excluding hydrogens is 408 g/mol. The van der Waals surface area contributed by atoms with Crippen LogP contribution in [0.2, 0.25) is 0 Å². The minimum atomic E-state index is -0.515. The molecular formula is C25H32N2O5. The maximum absolute atomic E-state index is 11.1. The molecule has 0 bridgehead atoms. The van der Waals surface area contributed by atoms with Crippen molar-refractivity contribution in [2.45, 2.75) is 38.4 Å². The predicted octanol–water partition coefficient (Wildman–Crippen LogP) is 2.92. The van der Waals surface area contributed by atoms with Crippen LogP contribution in [0.25, 0.3) is 0 Å². The van der Waals surface area contributed by atoms with Crippen molar-refractivity contribution in [3.63, 3.8) is 0 Å². The van der Waals surface area contributed by atoms with E-state index in [1.807, 2.05) is 24.3 Å². The molecule has 1 saturated heterocycles. The monoisotopic (exact) mass is 440 g/mol. The van der Waals surface area contributed by atoms with E-state index >= 15 is 0 Å². The van der Waals surface area contributed by atoms with Gasteiger partial charge >= 0.3 is 0 Å². The Bertz CT molecular complexity index is 942. The van der Waals surface area contributed by atoms with Crippen molar-refractivity contribution in [3.8, 4) is 17.2 Å². The van der Waals surface area contributed by atoms with Crippen LogP contribution < -0.4 is 19.9 Å². The van der Waals surface area contributed by atoms with Crippen LogP contribution >= 0.6 is 0 Å². The minimum Gasteiger partial charge on any atom is -0.497 e. The van der Waals surface area contributed by atoms with Crippen molar-refractivity contribution in [3.05, 3.63) is 53.1 Å². The summed E-state index contributed by atoms with van der Waals surface area (Å²) >= 11 is 0. The topological polar surface area (TPSA) is 83.3 Å². The van der Waals surface area contributed by atoms with Gasteiger partial charge in [-0.25, -0.2) is 0 Å². The molecule has 4 rings (SSSR count). The predicted molar refractivity (Wildman–Crippen MR) is 121 cm³/mol. The molecule has 7 heteroatoms. The van der Waals surface area contributed by atoms with Crippen molar-refractivity contribution in [2.75, 3.05) is 34.0 Å². The van der Waals surface area contributed by atoms with E-state index in [9.17, 15) is 4.79 Å². The number of ether oxygens (including phenoxy) is 4. The van der Waals surface area contributed by atoms with Crippen LogP contribution in [0.15, 0.2) is 36.4 Å². The van der Waals surface area contributed by atoms with Gasteiger partial charge < -0.3 is 24.7 Å². The van der Waals surface area contributed by atoms with E-state index in [1.165, 1.54) is 11.1 Å². The summed E-state index contributed by atoms with van der Waals surface area (Å²) in [4.78, 5) is 13.6. The van der Waals surface area contributed by atoms with Gasteiger partial charge in [-0.2, -0.15) is 0 Å². The molecule has 0 radical (unpaired) electrons. The van der Waals surface area contributed by atoms with Crippen LogP contribution in [0.4, 0.5) is 0 Å². The quantitative estimate of drug-likeness (QED) is 0.680.